The van der Waals surface area contributed by atoms with Crippen molar-refractivity contribution in [2.45, 2.75) is 83.0 Å². The first-order valence-corrected chi connectivity index (χ1v) is 16.6. The molecule has 248 valence electrons. The number of likely N-dealkylation sites (N-methyl/N-ethyl adjacent to an activating group) is 1. The number of nitrogens with zero attached hydrogens (tertiary/aromatic N) is 6. The van der Waals surface area contributed by atoms with Crippen LogP contribution in [0.2, 0.25) is 0 Å². The maximum absolute atomic E-state index is 15.3. The van der Waals surface area contributed by atoms with Crippen molar-refractivity contribution < 1.29 is 17.9 Å². The van der Waals surface area contributed by atoms with Crippen molar-refractivity contribution in [2.75, 3.05) is 57.0 Å². The molecular weight excluding hydrogens is 591 g/mol. The van der Waals surface area contributed by atoms with Gasteiger partial charge in [0.1, 0.15) is 11.5 Å². The standard InChI is InChI=1S/C35H46F3N7O/c1-22(2)45-21-35(3,38)46-33-27(36)18-25(19-29(33)45)32-28(37)20-39-34(42-32)41-30-11-10-26(31(40-30)24-8-6-7-9-24)23-12-14-44(15-13-23)17-16-43(4)5/h10-11,18-20,22-24H,6-9,12-17,21H2,1-5H3,(H,39,40,41,42). The third-order valence-corrected chi connectivity index (χ3v) is 9.57. The van der Waals surface area contributed by atoms with Crippen LogP contribution in [0.25, 0.3) is 11.3 Å². The Morgan fingerprint density at radius 1 is 1.02 bits per heavy atom. The summed E-state index contributed by atoms with van der Waals surface area (Å²) in [5.74, 6) is -2.06. The van der Waals surface area contributed by atoms with E-state index in [-0.39, 0.29) is 35.5 Å². The normalized spacial score (nSPS) is 21.2. The van der Waals surface area contributed by atoms with E-state index in [0.717, 1.165) is 69.8 Å². The average Bonchev–Trinajstić information content (AvgIpc) is 3.56. The van der Waals surface area contributed by atoms with Crippen molar-refractivity contribution in [1.29, 1.82) is 0 Å². The number of alkyl halides is 1. The molecule has 2 aromatic heterocycles. The van der Waals surface area contributed by atoms with Crippen LogP contribution in [0.15, 0.2) is 30.5 Å². The minimum atomic E-state index is -2.06. The largest absolute Gasteiger partial charge is 0.451 e. The molecule has 3 aliphatic rings. The number of likely N-dealkylation sites (tertiary alicyclic amines) is 1. The summed E-state index contributed by atoms with van der Waals surface area (Å²) in [5.41, 5.74) is 3.00. The molecule has 1 saturated heterocycles. The van der Waals surface area contributed by atoms with Crippen molar-refractivity contribution in [3.8, 4) is 17.0 Å². The Hall–Kier alpha value is -3.44. The first-order valence-electron chi connectivity index (χ1n) is 16.6. The Labute approximate surface area is 270 Å². The van der Waals surface area contributed by atoms with Gasteiger partial charge in [-0.2, -0.15) is 4.39 Å². The van der Waals surface area contributed by atoms with Crippen molar-refractivity contribution in [1.82, 2.24) is 24.8 Å². The van der Waals surface area contributed by atoms with Crippen LogP contribution < -0.4 is 15.0 Å². The van der Waals surface area contributed by atoms with Gasteiger partial charge in [0.25, 0.3) is 5.85 Å². The van der Waals surface area contributed by atoms with E-state index < -0.39 is 17.5 Å². The molecule has 1 unspecified atom stereocenters. The highest BCUT2D eigenvalue weighted by atomic mass is 19.2. The predicted molar refractivity (Wildman–Crippen MR) is 176 cm³/mol. The summed E-state index contributed by atoms with van der Waals surface area (Å²) in [4.78, 5) is 20.3. The second kappa shape index (κ2) is 13.4. The van der Waals surface area contributed by atoms with Crippen LogP contribution in [0.5, 0.6) is 5.75 Å². The molecule has 1 atom stereocenters. The summed E-state index contributed by atoms with van der Waals surface area (Å²) in [6.45, 7) is 9.30. The second-order valence-corrected chi connectivity index (χ2v) is 13.8. The van der Waals surface area contributed by atoms with Crippen LogP contribution in [0.4, 0.5) is 30.6 Å². The van der Waals surface area contributed by atoms with Crippen LogP contribution in [0.3, 0.4) is 0 Å². The molecule has 1 N–H and O–H groups in total. The smallest absolute Gasteiger partial charge is 0.263 e. The summed E-state index contributed by atoms with van der Waals surface area (Å²) < 4.78 is 50.8. The number of aromatic nitrogens is 3. The van der Waals surface area contributed by atoms with Crippen LogP contribution in [0, 0.1) is 11.6 Å². The summed E-state index contributed by atoms with van der Waals surface area (Å²) in [6.07, 6.45) is 7.99. The summed E-state index contributed by atoms with van der Waals surface area (Å²) in [5, 5.41) is 3.19. The number of piperidine rings is 1. The van der Waals surface area contributed by atoms with E-state index in [1.165, 1.54) is 25.3 Å². The maximum atomic E-state index is 15.3. The minimum absolute atomic E-state index is 0.0647. The lowest BCUT2D eigenvalue weighted by atomic mass is 9.85. The number of halogens is 3. The molecule has 2 fully saturated rings. The zero-order chi connectivity index (χ0) is 32.6. The minimum Gasteiger partial charge on any atom is -0.451 e. The molecule has 6 rings (SSSR count). The molecule has 46 heavy (non-hydrogen) atoms. The van der Waals surface area contributed by atoms with Gasteiger partial charge < -0.3 is 24.8 Å². The number of fused-ring (bicyclic) bond motifs is 1. The molecule has 0 spiro atoms. The Balaban J connectivity index is 1.26. The second-order valence-electron chi connectivity index (χ2n) is 13.8. The highest BCUT2D eigenvalue weighted by Gasteiger charge is 2.39. The van der Waals surface area contributed by atoms with Gasteiger partial charge in [-0.25, -0.2) is 23.7 Å². The number of hydrogen-bond donors (Lipinski definition) is 1. The van der Waals surface area contributed by atoms with Crippen molar-refractivity contribution in [3.63, 3.8) is 0 Å². The quantitative estimate of drug-likeness (QED) is 0.263. The molecule has 11 heteroatoms. The first kappa shape index (κ1) is 32.5. The van der Waals surface area contributed by atoms with Gasteiger partial charge in [-0.3, -0.25) is 0 Å². The number of rotatable bonds is 9. The lowest BCUT2D eigenvalue weighted by molar-refractivity contribution is -0.0475. The SMILES string of the molecule is CC(C)N1CC(C)(F)Oc2c(F)cc(-c3nc(Nc4ccc(C5CCN(CCN(C)C)CC5)c(C5CCCC5)n4)ncc3F)cc21. The fourth-order valence-corrected chi connectivity index (χ4v) is 7.11. The fourth-order valence-electron chi connectivity index (χ4n) is 7.11. The van der Waals surface area contributed by atoms with Gasteiger partial charge in [-0.15, -0.1) is 0 Å². The molecule has 4 heterocycles. The van der Waals surface area contributed by atoms with Crippen molar-refractivity contribution in [3.05, 3.63) is 53.4 Å². The van der Waals surface area contributed by atoms with Gasteiger partial charge in [0.05, 0.1) is 18.4 Å². The third-order valence-electron chi connectivity index (χ3n) is 9.57. The first-order chi connectivity index (χ1) is 22.0. The lowest BCUT2D eigenvalue weighted by Crippen LogP contribution is -2.49. The highest BCUT2D eigenvalue weighted by molar-refractivity contribution is 5.73. The van der Waals surface area contributed by atoms with Gasteiger partial charge in [-0.1, -0.05) is 18.9 Å². The van der Waals surface area contributed by atoms with Gasteiger partial charge >= 0.3 is 0 Å². The van der Waals surface area contributed by atoms with Crippen molar-refractivity contribution >= 4 is 17.5 Å². The maximum Gasteiger partial charge on any atom is 0.263 e. The zero-order valence-corrected chi connectivity index (χ0v) is 27.6. The Morgan fingerprint density at radius 2 is 1.76 bits per heavy atom. The molecule has 1 saturated carbocycles. The van der Waals surface area contributed by atoms with Crippen molar-refractivity contribution in [2.24, 2.45) is 0 Å². The topological polar surface area (TPSA) is 69.7 Å². The molecule has 3 aromatic rings. The molecule has 1 aliphatic carbocycles. The molecule has 0 bridgehead atoms. The van der Waals surface area contributed by atoms with Crippen LogP contribution >= 0.6 is 0 Å². The molecular formula is C35H46F3N7O. The molecule has 2 aliphatic heterocycles. The Bertz CT molecular complexity index is 1530. The van der Waals surface area contributed by atoms with E-state index in [1.54, 1.807) is 11.0 Å². The van der Waals surface area contributed by atoms with E-state index in [9.17, 15) is 4.39 Å². The van der Waals surface area contributed by atoms with E-state index in [1.807, 2.05) is 19.9 Å². The molecule has 8 nitrogen and oxygen atoms in total. The molecule has 0 amide bonds. The third kappa shape index (κ3) is 7.10. The summed E-state index contributed by atoms with van der Waals surface area (Å²) in [7, 11) is 4.23. The Morgan fingerprint density at radius 3 is 2.46 bits per heavy atom. The summed E-state index contributed by atoms with van der Waals surface area (Å²) in [6, 6.07) is 6.75. The monoisotopic (exact) mass is 637 g/mol. The molecule has 0 radical (unpaired) electrons. The number of pyridine rings is 1. The number of nitrogens with one attached hydrogen (secondary N) is 1. The summed E-state index contributed by atoms with van der Waals surface area (Å²) >= 11 is 0. The van der Waals surface area contributed by atoms with Gasteiger partial charge in [-0.05, 0) is 96.4 Å². The van der Waals surface area contributed by atoms with Gasteiger partial charge in [0.2, 0.25) is 5.95 Å². The number of benzene rings is 1. The Kier molecular flexibility index (Phi) is 9.43. The van der Waals surface area contributed by atoms with Crippen LogP contribution in [-0.2, 0) is 0 Å². The number of hydrogen-bond acceptors (Lipinski definition) is 8. The van der Waals surface area contributed by atoms with E-state index in [4.69, 9.17) is 9.72 Å². The van der Waals surface area contributed by atoms with E-state index in [0.29, 0.717) is 23.3 Å². The van der Waals surface area contributed by atoms with Crippen LogP contribution in [-0.4, -0.2) is 83.5 Å². The van der Waals surface area contributed by atoms with Gasteiger partial charge in [0, 0.05) is 43.2 Å². The zero-order valence-electron chi connectivity index (χ0n) is 27.6. The number of ether oxygens (including phenoxy) is 1. The van der Waals surface area contributed by atoms with E-state index in [2.05, 4.69) is 45.2 Å². The number of anilines is 3. The highest BCUT2D eigenvalue weighted by Crippen LogP contribution is 2.44. The van der Waals surface area contributed by atoms with E-state index >= 15 is 8.78 Å². The van der Waals surface area contributed by atoms with Crippen LogP contribution in [0.1, 0.15) is 82.4 Å². The average molecular weight is 638 g/mol. The lowest BCUT2D eigenvalue weighted by Gasteiger charge is -2.40. The fraction of sp³-hybridized carbons (Fsp3) is 0.571. The molecule has 1 aromatic carbocycles. The predicted octanol–water partition coefficient (Wildman–Crippen LogP) is 7.25. The van der Waals surface area contributed by atoms with Gasteiger partial charge in [0.15, 0.2) is 17.4 Å².